The molecule has 162 valence electrons. The van der Waals surface area contributed by atoms with Crippen LogP contribution in [0.3, 0.4) is 0 Å². The van der Waals surface area contributed by atoms with Crippen LogP contribution in [0.1, 0.15) is 16.7 Å². The van der Waals surface area contributed by atoms with E-state index in [-0.39, 0.29) is 12.1 Å². The first-order valence-corrected chi connectivity index (χ1v) is 10.4. The van der Waals surface area contributed by atoms with E-state index in [4.69, 9.17) is 5.73 Å². The van der Waals surface area contributed by atoms with Gasteiger partial charge in [-0.25, -0.2) is 4.79 Å². The Hall–Kier alpha value is -4.06. The summed E-state index contributed by atoms with van der Waals surface area (Å²) in [6.07, 6.45) is 0. The Kier molecular flexibility index (Phi) is 5.69. The maximum Gasteiger partial charge on any atom is 0.320 e. The third-order valence-electron chi connectivity index (χ3n) is 5.80. The van der Waals surface area contributed by atoms with Gasteiger partial charge in [0.05, 0.1) is 0 Å². The lowest BCUT2D eigenvalue weighted by Gasteiger charge is -2.19. The number of rotatable bonds is 4. The number of benzene rings is 3. The smallest absolute Gasteiger partial charge is 0.320 e. The van der Waals surface area contributed by atoms with Gasteiger partial charge in [0, 0.05) is 30.2 Å². The number of anilines is 2. The number of fused-ring (bicyclic) bond motifs is 1. The molecule has 1 heterocycles. The number of nitrogen functional groups attached to an aromatic ring is 1. The van der Waals surface area contributed by atoms with E-state index in [0.29, 0.717) is 16.9 Å². The van der Waals surface area contributed by atoms with Crippen LogP contribution in [0.25, 0.3) is 21.9 Å². The number of hydrogen-bond acceptors (Lipinski definition) is 3. The number of carbonyl (C=O) groups is 1. The molecular weight excluding hydrogens is 400 g/mol. The second-order valence-corrected chi connectivity index (χ2v) is 7.94. The molecule has 6 nitrogen and oxygen atoms in total. The number of carbonyl (C=O) groups excluding carboxylic acids is 1. The van der Waals surface area contributed by atoms with Crippen LogP contribution in [0.5, 0.6) is 0 Å². The number of pyridine rings is 1. The third-order valence-corrected chi connectivity index (χ3v) is 5.80. The topological polar surface area (TPSA) is 89.2 Å². The average Bonchev–Trinajstić information content (AvgIpc) is 2.79. The SMILES string of the molecule is Cc1cc2c(-c3ccccc3)c(NC(=O)NCc3ccccc3N)n(C)c(=O)c2cc1C. The lowest BCUT2D eigenvalue weighted by molar-refractivity contribution is 0.251. The molecule has 0 aliphatic rings. The fourth-order valence-corrected chi connectivity index (χ4v) is 3.84. The summed E-state index contributed by atoms with van der Waals surface area (Å²) in [7, 11) is 1.67. The summed E-state index contributed by atoms with van der Waals surface area (Å²) >= 11 is 0. The summed E-state index contributed by atoms with van der Waals surface area (Å²) in [5.41, 5.74) is 11.1. The van der Waals surface area contributed by atoms with Crippen LogP contribution in [0.2, 0.25) is 0 Å². The summed E-state index contributed by atoms with van der Waals surface area (Å²) in [6.45, 7) is 4.29. The molecule has 32 heavy (non-hydrogen) atoms. The monoisotopic (exact) mass is 426 g/mol. The van der Waals surface area contributed by atoms with E-state index >= 15 is 0 Å². The summed E-state index contributed by atoms with van der Waals surface area (Å²) in [5.74, 6) is 0.440. The van der Waals surface area contributed by atoms with Crippen molar-refractivity contribution in [3.63, 3.8) is 0 Å². The Labute approximate surface area is 186 Å². The van der Waals surface area contributed by atoms with Crippen LogP contribution < -0.4 is 21.9 Å². The standard InChI is InChI=1S/C26H26N4O2/c1-16-13-20-21(14-17(16)2)25(31)30(3)24(23(20)18-9-5-4-6-10-18)29-26(32)28-15-19-11-7-8-12-22(19)27/h4-14H,15,27H2,1-3H3,(H2,28,29,32). The molecule has 4 N–H and O–H groups in total. The molecule has 3 aromatic carbocycles. The first-order valence-electron chi connectivity index (χ1n) is 10.4. The van der Waals surface area contributed by atoms with Gasteiger partial charge in [0.15, 0.2) is 0 Å². The molecule has 0 spiro atoms. The maximum absolute atomic E-state index is 13.2. The minimum atomic E-state index is -0.413. The summed E-state index contributed by atoms with van der Waals surface area (Å²) < 4.78 is 1.50. The molecular formula is C26H26N4O2. The number of nitrogens with zero attached hydrogens (tertiary/aromatic N) is 1. The zero-order valence-corrected chi connectivity index (χ0v) is 18.4. The van der Waals surface area contributed by atoms with Crippen molar-refractivity contribution in [3.05, 3.63) is 93.8 Å². The highest BCUT2D eigenvalue weighted by Crippen LogP contribution is 2.34. The van der Waals surface area contributed by atoms with Crippen molar-refractivity contribution in [2.24, 2.45) is 7.05 Å². The van der Waals surface area contributed by atoms with E-state index < -0.39 is 6.03 Å². The van der Waals surface area contributed by atoms with Crippen molar-refractivity contribution >= 4 is 28.3 Å². The number of para-hydroxylation sites is 1. The highest BCUT2D eigenvalue weighted by Gasteiger charge is 2.19. The van der Waals surface area contributed by atoms with Crippen LogP contribution in [-0.4, -0.2) is 10.6 Å². The average molecular weight is 427 g/mol. The molecule has 4 rings (SSSR count). The molecule has 2 amide bonds. The van der Waals surface area contributed by atoms with Crippen LogP contribution in [0, 0.1) is 13.8 Å². The number of nitrogens with one attached hydrogen (secondary N) is 2. The van der Waals surface area contributed by atoms with Crippen LogP contribution in [-0.2, 0) is 13.6 Å². The summed E-state index contributed by atoms with van der Waals surface area (Å²) in [4.78, 5) is 26.0. The number of aryl methyl sites for hydroxylation is 2. The number of amides is 2. The molecule has 4 aromatic rings. The van der Waals surface area contributed by atoms with Gasteiger partial charge in [0.2, 0.25) is 0 Å². The molecule has 0 aliphatic heterocycles. The number of urea groups is 1. The maximum atomic E-state index is 13.2. The van der Waals surface area contributed by atoms with E-state index in [0.717, 1.165) is 33.2 Å². The lowest BCUT2D eigenvalue weighted by atomic mass is 9.96. The Morgan fingerprint density at radius 1 is 0.938 bits per heavy atom. The van der Waals surface area contributed by atoms with Crippen LogP contribution in [0.15, 0.2) is 71.5 Å². The largest absolute Gasteiger partial charge is 0.398 e. The second-order valence-electron chi connectivity index (χ2n) is 7.94. The Bertz CT molecular complexity index is 1370. The minimum Gasteiger partial charge on any atom is -0.398 e. The van der Waals surface area contributed by atoms with Gasteiger partial charge in [-0.15, -0.1) is 0 Å². The van der Waals surface area contributed by atoms with Crippen molar-refractivity contribution in [2.75, 3.05) is 11.1 Å². The Balaban J connectivity index is 1.80. The molecule has 0 unspecified atom stereocenters. The van der Waals surface area contributed by atoms with Gasteiger partial charge >= 0.3 is 6.03 Å². The van der Waals surface area contributed by atoms with Crippen LogP contribution >= 0.6 is 0 Å². The lowest BCUT2D eigenvalue weighted by Crippen LogP contribution is -2.32. The number of hydrogen-bond donors (Lipinski definition) is 3. The van der Waals surface area contributed by atoms with Gasteiger partial charge in [0.1, 0.15) is 5.82 Å². The van der Waals surface area contributed by atoms with Gasteiger partial charge in [-0.2, -0.15) is 0 Å². The molecule has 6 heteroatoms. The molecule has 0 saturated heterocycles. The van der Waals surface area contributed by atoms with E-state index in [9.17, 15) is 9.59 Å². The van der Waals surface area contributed by atoms with E-state index in [1.807, 2.05) is 74.5 Å². The zero-order chi connectivity index (χ0) is 22.8. The van der Waals surface area contributed by atoms with Gasteiger partial charge in [-0.05, 0) is 53.6 Å². The molecule has 0 radical (unpaired) electrons. The molecule has 0 aliphatic carbocycles. The molecule has 0 atom stereocenters. The normalized spacial score (nSPS) is 10.8. The van der Waals surface area contributed by atoms with E-state index in [1.54, 1.807) is 13.1 Å². The van der Waals surface area contributed by atoms with Crippen molar-refractivity contribution in [1.82, 2.24) is 9.88 Å². The minimum absolute atomic E-state index is 0.162. The van der Waals surface area contributed by atoms with Gasteiger partial charge < -0.3 is 11.1 Å². The first kappa shape index (κ1) is 21.2. The van der Waals surface area contributed by atoms with Gasteiger partial charge in [-0.1, -0.05) is 54.6 Å². The third kappa shape index (κ3) is 3.95. The molecule has 0 bridgehead atoms. The predicted molar refractivity (Wildman–Crippen MR) is 131 cm³/mol. The Morgan fingerprint density at radius 2 is 1.56 bits per heavy atom. The summed E-state index contributed by atoms with van der Waals surface area (Å²) in [5, 5.41) is 7.18. The number of nitrogens with two attached hydrogens (primary N) is 1. The van der Waals surface area contributed by atoms with Gasteiger partial charge in [0.25, 0.3) is 5.56 Å². The van der Waals surface area contributed by atoms with E-state index in [1.165, 1.54) is 4.57 Å². The molecule has 0 saturated carbocycles. The summed E-state index contributed by atoms with van der Waals surface area (Å²) in [6, 6.07) is 20.7. The quantitative estimate of drug-likeness (QED) is 0.412. The highest BCUT2D eigenvalue weighted by atomic mass is 16.2. The van der Waals surface area contributed by atoms with E-state index in [2.05, 4.69) is 10.6 Å². The molecule has 1 aromatic heterocycles. The fourth-order valence-electron chi connectivity index (χ4n) is 3.84. The van der Waals surface area contributed by atoms with Crippen molar-refractivity contribution in [1.29, 1.82) is 0 Å². The fraction of sp³-hybridized carbons (Fsp3) is 0.154. The first-order chi connectivity index (χ1) is 15.4. The zero-order valence-electron chi connectivity index (χ0n) is 18.4. The van der Waals surface area contributed by atoms with Gasteiger partial charge in [-0.3, -0.25) is 14.7 Å². The predicted octanol–water partition coefficient (Wildman–Crippen LogP) is 4.73. The Morgan fingerprint density at radius 3 is 2.25 bits per heavy atom. The van der Waals surface area contributed by atoms with Crippen LogP contribution in [0.4, 0.5) is 16.3 Å². The van der Waals surface area contributed by atoms with Crippen molar-refractivity contribution < 1.29 is 4.79 Å². The van der Waals surface area contributed by atoms with Crippen molar-refractivity contribution in [3.8, 4) is 11.1 Å². The molecule has 0 fully saturated rings. The number of aromatic nitrogens is 1. The second kappa shape index (κ2) is 8.59. The van der Waals surface area contributed by atoms with Crippen molar-refractivity contribution in [2.45, 2.75) is 20.4 Å². The highest BCUT2D eigenvalue weighted by molar-refractivity contribution is 6.05.